The third kappa shape index (κ3) is 2.47. The zero-order valence-electron chi connectivity index (χ0n) is 10.3. The number of hydrogen-bond donors (Lipinski definition) is 1. The molecule has 0 spiro atoms. The second kappa shape index (κ2) is 4.56. The molecule has 1 aliphatic heterocycles. The van der Waals surface area contributed by atoms with Gasteiger partial charge in [0.05, 0.1) is 0 Å². The van der Waals surface area contributed by atoms with E-state index in [0.717, 1.165) is 37.6 Å². The first kappa shape index (κ1) is 12.5. The summed E-state index contributed by atoms with van der Waals surface area (Å²) in [5, 5.41) is 3.83. The van der Waals surface area contributed by atoms with Crippen molar-refractivity contribution in [3.63, 3.8) is 0 Å². The van der Waals surface area contributed by atoms with Gasteiger partial charge in [0.1, 0.15) is 5.58 Å². The Hall–Kier alpha value is -1.49. The molecule has 3 rings (SSSR count). The predicted molar refractivity (Wildman–Crippen MR) is 66.1 cm³/mol. The van der Waals surface area contributed by atoms with Gasteiger partial charge in [0.15, 0.2) is 0 Å². The standard InChI is InChI=1S/C14H14F3NO/c15-14(16,17)13-7-11-6-9(3-4-12(11)19-13)10-2-1-5-18-8-10/h3-4,6-7,10,18H,1-2,5,8H2. The molecule has 1 aromatic heterocycles. The van der Waals surface area contributed by atoms with E-state index in [0.29, 0.717) is 16.9 Å². The van der Waals surface area contributed by atoms with Crippen molar-refractivity contribution in [1.29, 1.82) is 0 Å². The highest BCUT2D eigenvalue weighted by molar-refractivity contribution is 5.79. The number of fused-ring (bicyclic) bond motifs is 1. The maximum Gasteiger partial charge on any atom is 0.449 e. The molecule has 1 aromatic carbocycles. The minimum atomic E-state index is -4.43. The number of furan rings is 1. The highest BCUT2D eigenvalue weighted by Crippen LogP contribution is 2.35. The van der Waals surface area contributed by atoms with Crippen molar-refractivity contribution >= 4 is 11.0 Å². The van der Waals surface area contributed by atoms with Crippen molar-refractivity contribution in [3.05, 3.63) is 35.6 Å². The lowest BCUT2D eigenvalue weighted by molar-refractivity contribution is -0.152. The Kier molecular flexibility index (Phi) is 3.01. The third-order valence-corrected chi connectivity index (χ3v) is 3.59. The normalized spacial score (nSPS) is 20.9. The van der Waals surface area contributed by atoms with Gasteiger partial charge in [-0.1, -0.05) is 6.07 Å². The van der Waals surface area contributed by atoms with Crippen LogP contribution in [0.5, 0.6) is 0 Å². The van der Waals surface area contributed by atoms with Crippen molar-refractivity contribution in [2.24, 2.45) is 0 Å². The quantitative estimate of drug-likeness (QED) is 0.848. The van der Waals surface area contributed by atoms with E-state index in [2.05, 4.69) is 5.32 Å². The molecule has 5 heteroatoms. The van der Waals surface area contributed by atoms with Crippen LogP contribution >= 0.6 is 0 Å². The molecule has 1 N–H and O–H groups in total. The van der Waals surface area contributed by atoms with Gasteiger partial charge in [-0.3, -0.25) is 0 Å². The van der Waals surface area contributed by atoms with E-state index in [-0.39, 0.29) is 0 Å². The van der Waals surface area contributed by atoms with Crippen molar-refractivity contribution in [2.45, 2.75) is 24.9 Å². The van der Waals surface area contributed by atoms with Gasteiger partial charge in [-0.2, -0.15) is 13.2 Å². The zero-order chi connectivity index (χ0) is 13.5. The molecule has 102 valence electrons. The highest BCUT2D eigenvalue weighted by atomic mass is 19.4. The predicted octanol–water partition coefficient (Wildman–Crippen LogP) is 3.92. The summed E-state index contributed by atoms with van der Waals surface area (Å²) >= 11 is 0. The first-order valence-electron chi connectivity index (χ1n) is 6.35. The number of piperidine rings is 1. The van der Waals surface area contributed by atoms with Crippen LogP contribution in [-0.4, -0.2) is 13.1 Å². The van der Waals surface area contributed by atoms with E-state index in [9.17, 15) is 13.2 Å². The maximum absolute atomic E-state index is 12.6. The van der Waals surface area contributed by atoms with Crippen LogP contribution in [0.25, 0.3) is 11.0 Å². The fourth-order valence-corrected chi connectivity index (χ4v) is 2.59. The summed E-state index contributed by atoms with van der Waals surface area (Å²) in [5.74, 6) is -0.552. The van der Waals surface area contributed by atoms with Crippen molar-refractivity contribution in [3.8, 4) is 0 Å². The van der Waals surface area contributed by atoms with Crippen molar-refractivity contribution in [2.75, 3.05) is 13.1 Å². The largest absolute Gasteiger partial charge is 0.452 e. The summed E-state index contributed by atoms with van der Waals surface area (Å²) < 4.78 is 42.6. The Morgan fingerprint density at radius 1 is 1.21 bits per heavy atom. The molecule has 0 saturated carbocycles. The Morgan fingerprint density at radius 2 is 2.05 bits per heavy atom. The molecule has 1 unspecified atom stereocenters. The van der Waals surface area contributed by atoms with Crippen molar-refractivity contribution < 1.29 is 17.6 Å². The Bertz CT molecular complexity index is 582. The van der Waals surface area contributed by atoms with Crippen LogP contribution in [0.2, 0.25) is 0 Å². The van der Waals surface area contributed by atoms with Gasteiger partial charge in [-0.25, -0.2) is 0 Å². The van der Waals surface area contributed by atoms with E-state index >= 15 is 0 Å². The number of hydrogen-bond acceptors (Lipinski definition) is 2. The van der Waals surface area contributed by atoms with Gasteiger partial charge in [-0.05, 0) is 49.1 Å². The number of benzene rings is 1. The fourth-order valence-electron chi connectivity index (χ4n) is 2.59. The second-order valence-electron chi connectivity index (χ2n) is 4.95. The second-order valence-corrected chi connectivity index (χ2v) is 4.95. The summed E-state index contributed by atoms with van der Waals surface area (Å²) in [6.45, 7) is 1.90. The zero-order valence-corrected chi connectivity index (χ0v) is 10.3. The average molecular weight is 269 g/mol. The molecule has 1 atom stereocenters. The average Bonchev–Trinajstić information content (AvgIpc) is 2.82. The smallest absolute Gasteiger partial charge is 0.449 e. The molecule has 2 nitrogen and oxygen atoms in total. The summed E-state index contributed by atoms with van der Waals surface area (Å²) in [6.07, 6.45) is -2.25. The van der Waals surface area contributed by atoms with Gasteiger partial charge in [0.2, 0.25) is 5.76 Å². The van der Waals surface area contributed by atoms with Crippen LogP contribution in [0, 0.1) is 0 Å². The molecule has 1 fully saturated rings. The van der Waals surface area contributed by atoms with Crippen molar-refractivity contribution in [1.82, 2.24) is 5.32 Å². The molecular weight excluding hydrogens is 255 g/mol. The van der Waals surface area contributed by atoms with Crippen LogP contribution in [0.1, 0.15) is 30.1 Å². The molecule has 0 amide bonds. The monoisotopic (exact) mass is 269 g/mol. The summed E-state index contributed by atoms with van der Waals surface area (Å²) in [7, 11) is 0. The first-order valence-corrected chi connectivity index (χ1v) is 6.35. The number of rotatable bonds is 1. The van der Waals surface area contributed by atoms with Crippen LogP contribution < -0.4 is 5.32 Å². The molecule has 0 radical (unpaired) electrons. The lowest BCUT2D eigenvalue weighted by atomic mass is 9.91. The molecule has 1 saturated heterocycles. The Balaban J connectivity index is 1.96. The molecule has 2 aromatic rings. The molecule has 19 heavy (non-hydrogen) atoms. The lowest BCUT2D eigenvalue weighted by Crippen LogP contribution is -2.28. The topological polar surface area (TPSA) is 25.2 Å². The SMILES string of the molecule is FC(F)(F)c1cc2cc(C3CCCNC3)ccc2o1. The van der Waals surface area contributed by atoms with E-state index in [1.54, 1.807) is 6.07 Å². The van der Waals surface area contributed by atoms with E-state index < -0.39 is 11.9 Å². The summed E-state index contributed by atoms with van der Waals surface area (Å²) in [5.41, 5.74) is 1.37. The van der Waals surface area contributed by atoms with Crippen LogP contribution in [-0.2, 0) is 6.18 Å². The van der Waals surface area contributed by atoms with Gasteiger partial charge in [0, 0.05) is 11.9 Å². The molecule has 0 aliphatic carbocycles. The molecule has 1 aliphatic rings. The van der Waals surface area contributed by atoms with Gasteiger partial charge < -0.3 is 9.73 Å². The van der Waals surface area contributed by atoms with E-state index in [1.165, 1.54) is 0 Å². The molecular formula is C14H14F3NO. The van der Waals surface area contributed by atoms with Crippen LogP contribution in [0.4, 0.5) is 13.2 Å². The summed E-state index contributed by atoms with van der Waals surface area (Å²) in [6, 6.07) is 6.39. The first-order chi connectivity index (χ1) is 9.04. The fraction of sp³-hybridized carbons (Fsp3) is 0.429. The Labute approximate surface area is 108 Å². The summed E-state index contributed by atoms with van der Waals surface area (Å²) in [4.78, 5) is 0. The van der Waals surface area contributed by atoms with E-state index in [1.807, 2.05) is 12.1 Å². The van der Waals surface area contributed by atoms with Gasteiger partial charge in [0.25, 0.3) is 0 Å². The van der Waals surface area contributed by atoms with Gasteiger partial charge >= 0.3 is 6.18 Å². The maximum atomic E-state index is 12.6. The highest BCUT2D eigenvalue weighted by Gasteiger charge is 2.35. The third-order valence-electron chi connectivity index (χ3n) is 3.59. The Morgan fingerprint density at radius 3 is 2.74 bits per heavy atom. The van der Waals surface area contributed by atoms with E-state index in [4.69, 9.17) is 4.42 Å². The van der Waals surface area contributed by atoms with Crippen LogP contribution in [0.15, 0.2) is 28.7 Å². The van der Waals surface area contributed by atoms with Gasteiger partial charge in [-0.15, -0.1) is 0 Å². The number of nitrogens with one attached hydrogen (secondary N) is 1. The lowest BCUT2D eigenvalue weighted by Gasteiger charge is -2.23. The minimum absolute atomic E-state index is 0.292. The molecule has 0 bridgehead atoms. The molecule has 2 heterocycles. The number of alkyl halides is 3. The number of halogens is 3. The minimum Gasteiger partial charge on any atom is -0.452 e. The van der Waals surface area contributed by atoms with Crippen LogP contribution in [0.3, 0.4) is 0 Å².